The number of aryl methyl sites for hydroxylation is 2. The minimum Gasteiger partial charge on any atom is -0.376 e. The molecule has 0 spiro atoms. The highest BCUT2D eigenvalue weighted by atomic mass is 15.0. The second-order valence-corrected chi connectivity index (χ2v) is 6.71. The van der Waals surface area contributed by atoms with Crippen LogP contribution in [-0.4, -0.2) is 15.1 Å². The van der Waals surface area contributed by atoms with E-state index in [0.717, 1.165) is 18.5 Å². The molecule has 1 unspecified atom stereocenters. The van der Waals surface area contributed by atoms with Gasteiger partial charge in [-0.3, -0.25) is 4.98 Å². The Labute approximate surface area is 142 Å². The van der Waals surface area contributed by atoms with Crippen molar-refractivity contribution >= 4 is 27.5 Å². The van der Waals surface area contributed by atoms with Crippen molar-refractivity contribution in [3.8, 4) is 0 Å². The predicted octanol–water partition coefficient (Wildman–Crippen LogP) is 5.11. The molecule has 24 heavy (non-hydrogen) atoms. The second-order valence-electron chi connectivity index (χ2n) is 6.71. The largest absolute Gasteiger partial charge is 0.376 e. The third-order valence-corrected chi connectivity index (χ3v) is 5.26. The number of aromatic nitrogens is 2. The summed E-state index contributed by atoms with van der Waals surface area (Å²) in [5.41, 5.74) is 4.73. The summed E-state index contributed by atoms with van der Waals surface area (Å²) in [5.74, 6) is 0. The molecule has 1 atom stereocenters. The van der Waals surface area contributed by atoms with Gasteiger partial charge in [-0.05, 0) is 44.0 Å². The highest BCUT2D eigenvalue weighted by molar-refractivity contribution is 6.09. The molecule has 3 aromatic rings. The molecule has 2 heterocycles. The van der Waals surface area contributed by atoms with E-state index in [1.54, 1.807) is 0 Å². The van der Waals surface area contributed by atoms with E-state index < -0.39 is 0 Å². The normalized spacial score (nSPS) is 20.1. The van der Waals surface area contributed by atoms with Crippen molar-refractivity contribution in [3.63, 3.8) is 0 Å². The summed E-state index contributed by atoms with van der Waals surface area (Å²) in [4.78, 5) is 4.45. The Bertz CT molecular complexity index is 978. The van der Waals surface area contributed by atoms with Crippen molar-refractivity contribution in [2.24, 2.45) is 7.05 Å². The number of hydrogen-bond donors (Lipinski definition) is 1. The molecule has 0 bridgehead atoms. The molecule has 0 fully saturated rings. The number of allylic oxidation sites excluding steroid dienone is 2. The molecule has 1 aliphatic carbocycles. The van der Waals surface area contributed by atoms with Crippen LogP contribution in [0.2, 0.25) is 0 Å². The summed E-state index contributed by atoms with van der Waals surface area (Å²) in [6.07, 6.45) is 12.8. The second kappa shape index (κ2) is 5.52. The van der Waals surface area contributed by atoms with Crippen molar-refractivity contribution in [2.75, 3.05) is 5.32 Å². The van der Waals surface area contributed by atoms with Gasteiger partial charge in [0, 0.05) is 35.2 Å². The molecular formula is C21H23N3. The topological polar surface area (TPSA) is 29.9 Å². The molecule has 4 rings (SSSR count). The van der Waals surface area contributed by atoms with Gasteiger partial charge in [0.1, 0.15) is 0 Å². The Morgan fingerprint density at radius 3 is 2.83 bits per heavy atom. The van der Waals surface area contributed by atoms with E-state index in [2.05, 4.69) is 84.3 Å². The number of fused-ring (bicyclic) bond motifs is 3. The van der Waals surface area contributed by atoms with Crippen LogP contribution < -0.4 is 5.32 Å². The smallest absolute Gasteiger partial charge is 0.0704 e. The van der Waals surface area contributed by atoms with Crippen LogP contribution in [0.15, 0.2) is 54.8 Å². The monoisotopic (exact) mass is 317 g/mol. The van der Waals surface area contributed by atoms with Gasteiger partial charge in [-0.1, -0.05) is 31.2 Å². The first kappa shape index (κ1) is 15.0. The van der Waals surface area contributed by atoms with E-state index in [4.69, 9.17) is 0 Å². The van der Waals surface area contributed by atoms with Crippen molar-refractivity contribution in [2.45, 2.75) is 32.2 Å². The van der Waals surface area contributed by atoms with Gasteiger partial charge in [0.05, 0.1) is 16.7 Å². The van der Waals surface area contributed by atoms with Gasteiger partial charge >= 0.3 is 0 Å². The summed E-state index contributed by atoms with van der Waals surface area (Å²) in [6, 6.07) is 8.80. The fraction of sp³-hybridized carbons (Fsp3) is 0.286. The van der Waals surface area contributed by atoms with Gasteiger partial charge in [0.15, 0.2) is 0 Å². The first-order chi connectivity index (χ1) is 11.6. The van der Waals surface area contributed by atoms with Crippen molar-refractivity contribution in [3.05, 3.63) is 60.5 Å². The molecule has 0 saturated heterocycles. The van der Waals surface area contributed by atoms with E-state index in [9.17, 15) is 0 Å². The zero-order chi connectivity index (χ0) is 16.7. The number of nitrogens with zero attached hydrogens (tertiary/aromatic N) is 2. The summed E-state index contributed by atoms with van der Waals surface area (Å²) in [6.45, 7) is 4.31. The molecule has 122 valence electrons. The first-order valence-electron chi connectivity index (χ1n) is 8.60. The van der Waals surface area contributed by atoms with Gasteiger partial charge in [-0.2, -0.15) is 0 Å². The molecule has 3 heteroatoms. The lowest BCUT2D eigenvalue weighted by Gasteiger charge is -2.32. The van der Waals surface area contributed by atoms with E-state index in [-0.39, 0.29) is 5.54 Å². The standard InChI is InChI=1S/C21H23N3/c1-4-21(11-6-5-7-12-21)23-16-8-9-19-18(14-16)17-10-13-22-15(2)20(17)24(19)3/h5-11,13-14,23H,4,12H2,1-3H3. The summed E-state index contributed by atoms with van der Waals surface area (Å²) < 4.78 is 2.25. The Kier molecular flexibility index (Phi) is 3.45. The number of pyridine rings is 1. The van der Waals surface area contributed by atoms with Crippen LogP contribution in [0.1, 0.15) is 25.5 Å². The minimum absolute atomic E-state index is 0.0183. The summed E-state index contributed by atoms with van der Waals surface area (Å²) in [5, 5.41) is 6.32. The van der Waals surface area contributed by atoms with E-state index in [1.165, 1.54) is 27.5 Å². The van der Waals surface area contributed by atoms with E-state index in [1.807, 2.05) is 6.20 Å². The Balaban J connectivity index is 1.84. The van der Waals surface area contributed by atoms with E-state index >= 15 is 0 Å². The number of anilines is 1. The van der Waals surface area contributed by atoms with Gasteiger partial charge in [0.2, 0.25) is 0 Å². The van der Waals surface area contributed by atoms with Crippen molar-refractivity contribution < 1.29 is 0 Å². The van der Waals surface area contributed by atoms with E-state index in [0.29, 0.717) is 0 Å². The number of rotatable bonds is 3. The van der Waals surface area contributed by atoms with Crippen LogP contribution in [0.5, 0.6) is 0 Å². The lowest BCUT2D eigenvalue weighted by atomic mass is 9.88. The average Bonchev–Trinajstić information content (AvgIpc) is 2.89. The Morgan fingerprint density at radius 2 is 2.08 bits per heavy atom. The maximum Gasteiger partial charge on any atom is 0.0704 e. The fourth-order valence-corrected chi connectivity index (χ4v) is 3.84. The molecule has 2 aromatic heterocycles. The predicted molar refractivity (Wildman–Crippen MR) is 102 cm³/mol. The lowest BCUT2D eigenvalue weighted by molar-refractivity contribution is 0.557. The number of nitrogens with one attached hydrogen (secondary N) is 1. The maximum atomic E-state index is 4.45. The number of benzene rings is 1. The third kappa shape index (κ3) is 2.23. The summed E-state index contributed by atoms with van der Waals surface area (Å²) in [7, 11) is 2.12. The fourth-order valence-electron chi connectivity index (χ4n) is 3.84. The molecule has 0 radical (unpaired) electrons. The van der Waals surface area contributed by atoms with Gasteiger partial charge in [-0.25, -0.2) is 0 Å². The van der Waals surface area contributed by atoms with Crippen LogP contribution in [0.3, 0.4) is 0 Å². The SMILES string of the molecule is CCC1(Nc2ccc3c(c2)c2ccnc(C)c2n3C)C=CC=CC1. The highest BCUT2D eigenvalue weighted by Crippen LogP contribution is 2.33. The van der Waals surface area contributed by atoms with Crippen LogP contribution in [-0.2, 0) is 7.05 Å². The van der Waals surface area contributed by atoms with Crippen LogP contribution in [0.4, 0.5) is 5.69 Å². The van der Waals surface area contributed by atoms with Gasteiger partial charge in [-0.15, -0.1) is 0 Å². The molecule has 1 N–H and O–H groups in total. The summed E-state index contributed by atoms with van der Waals surface area (Å²) >= 11 is 0. The molecular weight excluding hydrogens is 294 g/mol. The third-order valence-electron chi connectivity index (χ3n) is 5.26. The van der Waals surface area contributed by atoms with Gasteiger partial charge < -0.3 is 9.88 Å². The molecule has 0 saturated carbocycles. The van der Waals surface area contributed by atoms with Crippen molar-refractivity contribution in [1.82, 2.24) is 9.55 Å². The zero-order valence-corrected chi connectivity index (χ0v) is 14.5. The number of hydrogen-bond acceptors (Lipinski definition) is 2. The average molecular weight is 317 g/mol. The first-order valence-corrected chi connectivity index (χ1v) is 8.60. The van der Waals surface area contributed by atoms with Crippen molar-refractivity contribution in [1.29, 1.82) is 0 Å². The zero-order valence-electron chi connectivity index (χ0n) is 14.5. The minimum atomic E-state index is 0.0183. The van der Waals surface area contributed by atoms with Crippen LogP contribution >= 0.6 is 0 Å². The molecule has 1 aliphatic rings. The Morgan fingerprint density at radius 1 is 1.21 bits per heavy atom. The van der Waals surface area contributed by atoms with Crippen LogP contribution in [0, 0.1) is 6.92 Å². The van der Waals surface area contributed by atoms with Crippen LogP contribution in [0.25, 0.3) is 21.8 Å². The quantitative estimate of drug-likeness (QED) is 0.727. The molecule has 1 aromatic carbocycles. The molecule has 0 aliphatic heterocycles. The lowest BCUT2D eigenvalue weighted by Crippen LogP contribution is -2.35. The highest BCUT2D eigenvalue weighted by Gasteiger charge is 2.24. The molecule has 3 nitrogen and oxygen atoms in total. The Hall–Kier alpha value is -2.55. The van der Waals surface area contributed by atoms with Gasteiger partial charge in [0.25, 0.3) is 0 Å². The maximum absolute atomic E-state index is 4.45. The molecule has 0 amide bonds.